The number of aromatic nitrogens is 4. The van der Waals surface area contributed by atoms with E-state index in [1.54, 1.807) is 35.9 Å². The minimum absolute atomic E-state index is 0. The van der Waals surface area contributed by atoms with Gasteiger partial charge in [-0.2, -0.15) is 0 Å². The first-order valence-electron chi connectivity index (χ1n) is 9.39. The minimum Gasteiger partial charge on any atom is -0.372 e. The van der Waals surface area contributed by atoms with Crippen LogP contribution in [-0.2, 0) is 11.3 Å². The van der Waals surface area contributed by atoms with E-state index in [4.69, 9.17) is 16.3 Å². The Labute approximate surface area is 184 Å². The van der Waals surface area contributed by atoms with E-state index in [9.17, 15) is 9.18 Å². The molecule has 1 aromatic carbocycles. The summed E-state index contributed by atoms with van der Waals surface area (Å²) < 4.78 is 21.7. The van der Waals surface area contributed by atoms with Crippen LogP contribution in [0.25, 0.3) is 11.4 Å². The van der Waals surface area contributed by atoms with Gasteiger partial charge in [-0.3, -0.25) is 4.79 Å². The molecule has 0 radical (unpaired) electrons. The molecule has 0 unspecified atom stereocenters. The summed E-state index contributed by atoms with van der Waals surface area (Å²) in [6.07, 6.45) is 1.37. The second kappa shape index (κ2) is 9.70. The van der Waals surface area contributed by atoms with Crippen molar-refractivity contribution in [3.63, 3.8) is 0 Å². The first-order chi connectivity index (χ1) is 14.0. The maximum Gasteiger partial charge on any atom is 0.261 e. The minimum atomic E-state index is -0.483. The van der Waals surface area contributed by atoms with Crippen LogP contribution in [0.3, 0.4) is 0 Å². The third kappa shape index (κ3) is 4.73. The zero-order valence-corrected chi connectivity index (χ0v) is 17.8. The molecule has 0 aliphatic carbocycles. The molecule has 1 saturated heterocycles. The maximum absolute atomic E-state index is 14.0. The number of nitrogens with one attached hydrogen (secondary N) is 2. The van der Waals surface area contributed by atoms with Crippen molar-refractivity contribution in [2.75, 3.05) is 19.7 Å². The van der Waals surface area contributed by atoms with Crippen molar-refractivity contribution in [3.05, 3.63) is 69.1 Å². The van der Waals surface area contributed by atoms with Crippen LogP contribution in [0, 0.1) is 18.7 Å². The summed E-state index contributed by atoms with van der Waals surface area (Å²) in [4.78, 5) is 16.0. The molecule has 0 amide bonds. The predicted molar refractivity (Wildman–Crippen MR) is 115 cm³/mol. The van der Waals surface area contributed by atoms with Gasteiger partial charge in [0.25, 0.3) is 5.56 Å². The molecule has 3 heterocycles. The lowest BCUT2D eigenvalue weighted by molar-refractivity contribution is 0.0249. The molecule has 30 heavy (non-hydrogen) atoms. The first kappa shape index (κ1) is 22.4. The Morgan fingerprint density at radius 2 is 2.17 bits per heavy atom. The molecule has 1 aliphatic rings. The number of aryl methyl sites for hydroxylation is 1. The molecule has 2 atom stereocenters. The van der Waals surface area contributed by atoms with Gasteiger partial charge in [-0.1, -0.05) is 17.7 Å². The largest absolute Gasteiger partial charge is 0.372 e. The number of nitrogens with zero attached hydrogens (tertiary/aromatic N) is 3. The summed E-state index contributed by atoms with van der Waals surface area (Å²) >= 11 is 5.83. The van der Waals surface area contributed by atoms with Crippen LogP contribution < -0.4 is 10.9 Å². The van der Waals surface area contributed by atoms with Gasteiger partial charge in [0.2, 0.25) is 0 Å². The number of aromatic amines is 1. The molecule has 1 aliphatic heterocycles. The molecule has 4 rings (SSSR count). The van der Waals surface area contributed by atoms with Crippen LogP contribution in [0.1, 0.15) is 17.5 Å². The van der Waals surface area contributed by atoms with Crippen molar-refractivity contribution < 1.29 is 9.13 Å². The summed E-state index contributed by atoms with van der Waals surface area (Å²) in [5, 5.41) is 11.3. The predicted octanol–water partition coefficient (Wildman–Crippen LogP) is 3.13. The van der Waals surface area contributed by atoms with Crippen molar-refractivity contribution >= 4 is 24.0 Å². The third-order valence-electron chi connectivity index (χ3n) is 4.99. The van der Waals surface area contributed by atoms with Gasteiger partial charge in [-0.25, -0.2) is 4.39 Å². The lowest BCUT2D eigenvalue weighted by Crippen LogP contribution is -2.32. The smallest absolute Gasteiger partial charge is 0.261 e. The lowest BCUT2D eigenvalue weighted by atomic mass is 9.95. The molecule has 160 valence electrons. The van der Waals surface area contributed by atoms with Gasteiger partial charge in [-0.15, -0.1) is 22.6 Å². The van der Waals surface area contributed by atoms with Crippen LogP contribution in [0.2, 0.25) is 5.02 Å². The highest BCUT2D eigenvalue weighted by molar-refractivity contribution is 6.30. The molecule has 0 saturated carbocycles. The Morgan fingerprint density at radius 1 is 1.33 bits per heavy atom. The van der Waals surface area contributed by atoms with E-state index in [1.807, 2.05) is 0 Å². The van der Waals surface area contributed by atoms with E-state index in [-0.39, 0.29) is 35.0 Å². The Hall–Kier alpha value is -2.26. The molecule has 1 fully saturated rings. The number of ether oxygens (including phenoxy) is 1. The molecule has 0 spiro atoms. The molecule has 2 aromatic heterocycles. The van der Waals surface area contributed by atoms with Gasteiger partial charge in [0.15, 0.2) is 5.82 Å². The number of H-pyrrole nitrogens is 1. The van der Waals surface area contributed by atoms with Gasteiger partial charge in [0.1, 0.15) is 11.6 Å². The average molecular weight is 454 g/mol. The van der Waals surface area contributed by atoms with Crippen molar-refractivity contribution in [2.24, 2.45) is 5.92 Å². The maximum atomic E-state index is 14.0. The van der Waals surface area contributed by atoms with Gasteiger partial charge in [0.05, 0.1) is 23.3 Å². The SMILES string of the molecule is Cc1nnc(-c2cccn(C[C@@H]3CNCCO[C@H]3c3ccc(Cl)c(F)c3)c2=O)[nH]1.Cl. The van der Waals surface area contributed by atoms with Crippen LogP contribution in [0.5, 0.6) is 0 Å². The summed E-state index contributed by atoms with van der Waals surface area (Å²) in [6, 6.07) is 8.22. The number of benzene rings is 1. The van der Waals surface area contributed by atoms with Gasteiger partial charge >= 0.3 is 0 Å². The quantitative estimate of drug-likeness (QED) is 0.633. The third-order valence-corrected chi connectivity index (χ3v) is 5.30. The monoisotopic (exact) mass is 453 g/mol. The van der Waals surface area contributed by atoms with Crippen LogP contribution >= 0.6 is 24.0 Å². The van der Waals surface area contributed by atoms with Crippen molar-refractivity contribution in [1.82, 2.24) is 25.1 Å². The highest BCUT2D eigenvalue weighted by Crippen LogP contribution is 2.30. The molecular weight excluding hydrogens is 432 g/mol. The number of hydrogen-bond acceptors (Lipinski definition) is 5. The molecule has 2 N–H and O–H groups in total. The highest BCUT2D eigenvalue weighted by atomic mass is 35.5. The molecular formula is C20H22Cl2FN5O2. The first-order valence-corrected chi connectivity index (χ1v) is 9.77. The number of rotatable bonds is 4. The average Bonchev–Trinajstić information content (AvgIpc) is 3.00. The van der Waals surface area contributed by atoms with E-state index < -0.39 is 5.82 Å². The van der Waals surface area contributed by atoms with E-state index in [2.05, 4.69) is 20.5 Å². The fourth-order valence-electron chi connectivity index (χ4n) is 3.59. The Kier molecular flexibility index (Phi) is 7.25. The zero-order chi connectivity index (χ0) is 20.4. The van der Waals surface area contributed by atoms with E-state index in [1.165, 1.54) is 12.1 Å². The van der Waals surface area contributed by atoms with Crippen molar-refractivity contribution in [2.45, 2.75) is 19.6 Å². The second-order valence-electron chi connectivity index (χ2n) is 7.07. The summed E-state index contributed by atoms with van der Waals surface area (Å²) in [5.74, 6) is 0.514. The van der Waals surface area contributed by atoms with E-state index in [0.717, 1.165) is 0 Å². The zero-order valence-electron chi connectivity index (χ0n) is 16.3. The van der Waals surface area contributed by atoms with Crippen molar-refractivity contribution in [3.8, 4) is 11.4 Å². The summed E-state index contributed by atoms with van der Waals surface area (Å²) in [6.45, 7) is 4.00. The highest BCUT2D eigenvalue weighted by Gasteiger charge is 2.28. The van der Waals surface area contributed by atoms with Crippen molar-refractivity contribution in [1.29, 1.82) is 0 Å². The van der Waals surface area contributed by atoms with E-state index >= 15 is 0 Å². The number of pyridine rings is 1. The lowest BCUT2D eigenvalue weighted by Gasteiger charge is -2.26. The summed E-state index contributed by atoms with van der Waals surface area (Å²) in [7, 11) is 0. The number of halogens is 3. The van der Waals surface area contributed by atoms with Crippen LogP contribution in [-0.4, -0.2) is 39.4 Å². The Balaban J connectivity index is 0.00000256. The topological polar surface area (TPSA) is 84.8 Å². The van der Waals surface area contributed by atoms with Gasteiger partial charge < -0.3 is 19.6 Å². The Morgan fingerprint density at radius 3 is 2.90 bits per heavy atom. The Bertz CT molecular complexity index is 1070. The fraction of sp³-hybridized carbons (Fsp3) is 0.350. The van der Waals surface area contributed by atoms with Crippen LogP contribution in [0.15, 0.2) is 41.3 Å². The molecule has 10 heteroatoms. The van der Waals surface area contributed by atoms with Gasteiger partial charge in [0, 0.05) is 31.7 Å². The normalized spacial score (nSPS) is 19.2. The number of hydrogen-bond donors (Lipinski definition) is 2. The fourth-order valence-corrected chi connectivity index (χ4v) is 3.71. The molecule has 3 aromatic rings. The van der Waals surface area contributed by atoms with Gasteiger partial charge in [-0.05, 0) is 36.8 Å². The summed E-state index contributed by atoms with van der Waals surface area (Å²) in [5.41, 5.74) is 0.981. The van der Waals surface area contributed by atoms with Crippen LogP contribution in [0.4, 0.5) is 4.39 Å². The standard InChI is InChI=1S/C20H21ClFN5O2.ClH/c1-12-24-19(26-25-12)15-3-2-7-27(20(15)28)11-14-10-23-6-8-29-18(14)13-4-5-16(21)17(22)9-13;/h2-5,7,9,14,18,23H,6,8,10-11H2,1H3,(H,24,25,26);1H/t14-,18-;/m0./s1. The molecule has 0 bridgehead atoms. The molecule has 7 nitrogen and oxygen atoms in total. The van der Waals surface area contributed by atoms with E-state index in [0.29, 0.717) is 49.0 Å². The second-order valence-corrected chi connectivity index (χ2v) is 7.47.